The van der Waals surface area contributed by atoms with Gasteiger partial charge in [0, 0.05) is 50.0 Å². The van der Waals surface area contributed by atoms with Crippen LogP contribution in [0.3, 0.4) is 0 Å². The molecule has 0 radical (unpaired) electrons. The number of rotatable bonds is 12. The van der Waals surface area contributed by atoms with Gasteiger partial charge in [-0.3, -0.25) is 9.48 Å². The molecule has 0 amide bonds. The van der Waals surface area contributed by atoms with Crippen molar-refractivity contribution in [1.29, 1.82) is 0 Å². The fraction of sp³-hybridized carbons (Fsp3) is 0.400. The quantitative estimate of drug-likeness (QED) is 0.211. The summed E-state index contributed by atoms with van der Waals surface area (Å²) in [5, 5.41) is 9.13. The molecule has 0 saturated carbocycles. The zero-order valence-corrected chi connectivity index (χ0v) is 22.6. The number of hydrogen-bond donors (Lipinski definition) is 1. The number of fused-ring (bicyclic) bond motifs is 2. The number of pyridine rings is 2. The van der Waals surface area contributed by atoms with Crippen molar-refractivity contribution in [3.63, 3.8) is 0 Å². The molecule has 9 nitrogen and oxygen atoms in total. The predicted octanol–water partition coefficient (Wildman–Crippen LogP) is 4.54. The molecule has 3 aromatic heterocycles. The number of hydrogen-bond acceptors (Lipinski definition) is 8. The number of nitrogens with zero attached hydrogens (tertiary/aromatic N) is 4. The van der Waals surface area contributed by atoms with Gasteiger partial charge >= 0.3 is 5.97 Å². The lowest BCUT2D eigenvalue weighted by molar-refractivity contribution is -0.144. The lowest BCUT2D eigenvalue weighted by atomic mass is 10.0. The van der Waals surface area contributed by atoms with Gasteiger partial charge in [0.25, 0.3) is 0 Å². The highest BCUT2D eigenvalue weighted by Gasteiger charge is 2.22. The van der Waals surface area contributed by atoms with Crippen LogP contribution in [0.4, 0.5) is 5.82 Å². The largest absolute Gasteiger partial charge is 0.481 e. The molecular weight excluding hydrogens is 494 g/mol. The van der Waals surface area contributed by atoms with E-state index in [1.54, 1.807) is 26.5 Å². The van der Waals surface area contributed by atoms with Crippen LogP contribution >= 0.6 is 0 Å². The number of carbonyl (C=O) groups excluding carboxylic acids is 1. The smallest absolute Gasteiger partial charge is 0.308 e. The van der Waals surface area contributed by atoms with Gasteiger partial charge < -0.3 is 19.5 Å². The first kappa shape index (κ1) is 26.6. The summed E-state index contributed by atoms with van der Waals surface area (Å²) in [6.07, 6.45) is 8.37. The minimum atomic E-state index is -0.367. The molecule has 204 valence electrons. The van der Waals surface area contributed by atoms with Gasteiger partial charge in [-0.1, -0.05) is 12.1 Å². The summed E-state index contributed by atoms with van der Waals surface area (Å²) in [4.78, 5) is 21.9. The van der Waals surface area contributed by atoms with Crippen molar-refractivity contribution in [3.05, 3.63) is 77.2 Å². The van der Waals surface area contributed by atoms with Crippen LogP contribution in [0.5, 0.6) is 5.88 Å². The number of anilines is 1. The molecule has 1 aliphatic rings. The Hall–Kier alpha value is -3.98. The average molecular weight is 530 g/mol. The van der Waals surface area contributed by atoms with Crippen molar-refractivity contribution >= 4 is 22.7 Å². The first-order chi connectivity index (χ1) is 19.1. The number of aromatic nitrogens is 4. The molecular formula is C30H35N5O4. The summed E-state index contributed by atoms with van der Waals surface area (Å²) in [6.45, 7) is 1.85. The number of ether oxygens (including phenoxy) is 3. The van der Waals surface area contributed by atoms with Crippen LogP contribution in [0, 0.1) is 0 Å². The SMILES string of the molecule is COCCCOC(=O)CC(c1ccc(OC)nc1)n1ncc2cc(CCc3ccc4c(n3)NCCC4)ccc21. The normalized spacial score (nSPS) is 13.5. The Balaban J connectivity index is 1.33. The van der Waals surface area contributed by atoms with Gasteiger partial charge in [-0.05, 0) is 66.6 Å². The summed E-state index contributed by atoms with van der Waals surface area (Å²) in [6, 6.07) is 14.1. The zero-order valence-electron chi connectivity index (χ0n) is 22.6. The molecule has 4 aromatic rings. The van der Waals surface area contributed by atoms with Gasteiger partial charge in [-0.15, -0.1) is 0 Å². The average Bonchev–Trinajstić information content (AvgIpc) is 3.40. The number of aryl methyl sites for hydroxylation is 3. The molecule has 0 saturated heterocycles. The number of methoxy groups -OCH3 is 2. The third-order valence-corrected chi connectivity index (χ3v) is 7.05. The fourth-order valence-corrected chi connectivity index (χ4v) is 4.95. The molecule has 1 aromatic carbocycles. The third kappa shape index (κ3) is 6.54. The predicted molar refractivity (Wildman–Crippen MR) is 149 cm³/mol. The van der Waals surface area contributed by atoms with E-state index in [0.29, 0.717) is 25.5 Å². The number of esters is 1. The maximum Gasteiger partial charge on any atom is 0.308 e. The fourth-order valence-electron chi connectivity index (χ4n) is 4.95. The van der Waals surface area contributed by atoms with Crippen molar-refractivity contribution in [1.82, 2.24) is 19.7 Å². The second-order valence-electron chi connectivity index (χ2n) is 9.74. The van der Waals surface area contributed by atoms with E-state index in [9.17, 15) is 4.79 Å². The van der Waals surface area contributed by atoms with E-state index in [0.717, 1.165) is 60.2 Å². The summed E-state index contributed by atoms with van der Waals surface area (Å²) >= 11 is 0. The van der Waals surface area contributed by atoms with Crippen molar-refractivity contribution in [2.75, 3.05) is 39.3 Å². The van der Waals surface area contributed by atoms with Crippen LogP contribution in [0.2, 0.25) is 0 Å². The van der Waals surface area contributed by atoms with E-state index in [1.165, 1.54) is 11.1 Å². The van der Waals surface area contributed by atoms with E-state index in [1.807, 2.05) is 16.9 Å². The second-order valence-corrected chi connectivity index (χ2v) is 9.74. The topological polar surface area (TPSA) is 100 Å². The van der Waals surface area contributed by atoms with Crippen molar-refractivity contribution < 1.29 is 19.0 Å². The van der Waals surface area contributed by atoms with Crippen molar-refractivity contribution in [2.24, 2.45) is 0 Å². The molecule has 0 aliphatic carbocycles. The van der Waals surface area contributed by atoms with Gasteiger partial charge in [0.05, 0.1) is 37.9 Å². The Bertz CT molecular complexity index is 1400. The van der Waals surface area contributed by atoms with Gasteiger partial charge in [0.2, 0.25) is 5.88 Å². The molecule has 1 aliphatic heterocycles. The van der Waals surface area contributed by atoms with Crippen LogP contribution in [-0.4, -0.2) is 59.7 Å². The molecule has 0 spiro atoms. The lowest BCUT2D eigenvalue weighted by Crippen LogP contribution is -2.19. The van der Waals surface area contributed by atoms with E-state index < -0.39 is 0 Å². The Morgan fingerprint density at radius 1 is 1.08 bits per heavy atom. The van der Waals surface area contributed by atoms with Gasteiger partial charge in [-0.25, -0.2) is 9.97 Å². The highest BCUT2D eigenvalue weighted by Crippen LogP contribution is 2.28. The molecule has 5 rings (SSSR count). The standard InChI is InChI=1S/C30H35N5O4/c1-37-15-4-16-39-29(36)18-27(23-9-13-28(38-2)32-19-23)35-26-12-7-21(17-24(26)20-33-35)6-10-25-11-8-22-5-3-14-31-30(22)34-25/h7-9,11-13,17,19-20,27H,3-6,10,14-16,18H2,1-2H3,(H,31,34). The van der Waals surface area contributed by atoms with E-state index in [-0.39, 0.29) is 18.4 Å². The van der Waals surface area contributed by atoms with E-state index in [2.05, 4.69) is 40.6 Å². The third-order valence-electron chi connectivity index (χ3n) is 7.05. The van der Waals surface area contributed by atoms with Crippen LogP contribution in [0.1, 0.15) is 47.7 Å². The van der Waals surface area contributed by atoms with Crippen LogP contribution in [-0.2, 0) is 33.5 Å². The zero-order chi connectivity index (χ0) is 27.0. The van der Waals surface area contributed by atoms with Crippen LogP contribution < -0.4 is 10.1 Å². The van der Waals surface area contributed by atoms with Crippen LogP contribution in [0.25, 0.3) is 10.9 Å². The first-order valence-electron chi connectivity index (χ1n) is 13.5. The maximum absolute atomic E-state index is 12.7. The highest BCUT2D eigenvalue weighted by molar-refractivity contribution is 5.80. The summed E-state index contributed by atoms with van der Waals surface area (Å²) < 4.78 is 17.6. The van der Waals surface area contributed by atoms with Gasteiger partial charge in [0.1, 0.15) is 5.82 Å². The minimum Gasteiger partial charge on any atom is -0.481 e. The number of benzene rings is 1. The number of nitrogens with one attached hydrogen (secondary N) is 1. The van der Waals surface area contributed by atoms with Crippen molar-refractivity contribution in [2.45, 2.75) is 44.6 Å². The summed E-state index contributed by atoms with van der Waals surface area (Å²) in [5.74, 6) is 1.25. The molecule has 0 bridgehead atoms. The monoisotopic (exact) mass is 529 g/mol. The highest BCUT2D eigenvalue weighted by atomic mass is 16.5. The van der Waals surface area contributed by atoms with Gasteiger partial charge in [0.15, 0.2) is 0 Å². The van der Waals surface area contributed by atoms with Gasteiger partial charge in [-0.2, -0.15) is 5.10 Å². The van der Waals surface area contributed by atoms with Crippen molar-refractivity contribution in [3.8, 4) is 5.88 Å². The van der Waals surface area contributed by atoms with E-state index >= 15 is 0 Å². The molecule has 4 heterocycles. The molecule has 1 atom stereocenters. The maximum atomic E-state index is 12.7. The molecule has 9 heteroatoms. The lowest BCUT2D eigenvalue weighted by Gasteiger charge is -2.19. The number of carbonyl (C=O) groups is 1. The first-order valence-corrected chi connectivity index (χ1v) is 13.5. The summed E-state index contributed by atoms with van der Waals surface area (Å²) in [5.41, 5.74) is 5.41. The Kier molecular flexibility index (Phi) is 8.68. The van der Waals surface area contributed by atoms with E-state index in [4.69, 9.17) is 24.3 Å². The Labute approximate surface area is 228 Å². The minimum absolute atomic E-state index is 0.136. The molecule has 39 heavy (non-hydrogen) atoms. The molecule has 1 unspecified atom stereocenters. The Morgan fingerprint density at radius 2 is 2.00 bits per heavy atom. The molecule has 0 fully saturated rings. The van der Waals surface area contributed by atoms with Crippen LogP contribution in [0.15, 0.2) is 54.9 Å². The second kappa shape index (κ2) is 12.7. The summed E-state index contributed by atoms with van der Waals surface area (Å²) in [7, 11) is 3.21. The Morgan fingerprint density at radius 3 is 2.82 bits per heavy atom. The molecule has 1 N–H and O–H groups in total.